The zero-order valence-corrected chi connectivity index (χ0v) is 29.8. The summed E-state index contributed by atoms with van der Waals surface area (Å²) in [5.41, 5.74) is 10.8. The molecule has 2 aromatic heterocycles. The summed E-state index contributed by atoms with van der Waals surface area (Å²) < 4.78 is 5.23. The van der Waals surface area contributed by atoms with Crippen molar-refractivity contribution in [1.82, 2.24) is 0 Å². The normalized spacial score (nSPS) is 13.2. The van der Waals surface area contributed by atoms with Gasteiger partial charge in [-0.25, -0.2) is 0 Å². The van der Waals surface area contributed by atoms with E-state index in [0.29, 0.717) is 0 Å². The van der Waals surface area contributed by atoms with Gasteiger partial charge < -0.3 is 4.90 Å². The first kappa shape index (κ1) is 29.7. The van der Waals surface area contributed by atoms with Crippen molar-refractivity contribution >= 4 is 80.1 Å². The summed E-state index contributed by atoms with van der Waals surface area (Å²) in [6, 6.07) is 69.8. The second-order valence-corrected chi connectivity index (χ2v) is 15.8. The van der Waals surface area contributed by atoms with Crippen molar-refractivity contribution in [3.05, 3.63) is 210 Å². The number of rotatable bonds is 5. The molecule has 1 aliphatic rings. The summed E-state index contributed by atoms with van der Waals surface area (Å²) in [4.78, 5) is 2.50. The molecule has 1 nitrogen and oxygen atoms in total. The lowest BCUT2D eigenvalue weighted by molar-refractivity contribution is 0.768. The van der Waals surface area contributed by atoms with Crippen LogP contribution in [0.2, 0.25) is 0 Å². The van der Waals surface area contributed by atoms with Crippen molar-refractivity contribution in [3.8, 4) is 11.1 Å². The molecule has 0 spiro atoms. The molecule has 3 heteroatoms. The smallest absolute Gasteiger partial charge is 0.0713 e. The number of hydrogen-bond acceptors (Lipinski definition) is 3. The van der Waals surface area contributed by atoms with Crippen LogP contribution in [0.3, 0.4) is 0 Å². The molecule has 0 saturated carbocycles. The summed E-state index contributed by atoms with van der Waals surface area (Å²) >= 11 is 3.74. The van der Waals surface area contributed by atoms with Crippen LogP contribution in [0.1, 0.15) is 22.3 Å². The molecule has 0 saturated heterocycles. The van der Waals surface area contributed by atoms with Gasteiger partial charge in [0.1, 0.15) is 0 Å². The molecule has 0 radical (unpaired) electrons. The second kappa shape index (κ2) is 11.5. The third-order valence-corrected chi connectivity index (χ3v) is 13.2. The Kier molecular flexibility index (Phi) is 6.57. The predicted octanol–water partition coefficient (Wildman–Crippen LogP) is 14.3. The van der Waals surface area contributed by atoms with E-state index in [4.69, 9.17) is 0 Å². The van der Waals surface area contributed by atoms with Crippen LogP contribution in [-0.2, 0) is 5.41 Å². The van der Waals surface area contributed by atoms with E-state index in [1.165, 1.54) is 79.4 Å². The van der Waals surface area contributed by atoms with Gasteiger partial charge in [-0.2, -0.15) is 0 Å². The highest BCUT2D eigenvalue weighted by Crippen LogP contribution is 2.57. The molecule has 0 unspecified atom stereocenters. The minimum absolute atomic E-state index is 0.435. The molecule has 10 aromatic rings. The van der Waals surface area contributed by atoms with Crippen molar-refractivity contribution in [3.63, 3.8) is 0 Å². The lowest BCUT2D eigenvalue weighted by atomic mass is 9.68. The van der Waals surface area contributed by atoms with E-state index in [-0.39, 0.29) is 0 Å². The topological polar surface area (TPSA) is 3.24 Å². The van der Waals surface area contributed by atoms with Gasteiger partial charge in [0.2, 0.25) is 0 Å². The Morgan fingerprint density at radius 2 is 0.923 bits per heavy atom. The van der Waals surface area contributed by atoms with Crippen LogP contribution in [0.25, 0.3) is 51.5 Å². The maximum absolute atomic E-state index is 2.50. The molecule has 1 aliphatic carbocycles. The van der Waals surface area contributed by atoms with E-state index in [0.717, 1.165) is 11.4 Å². The monoisotopic (exact) mass is 697 g/mol. The lowest BCUT2D eigenvalue weighted by Crippen LogP contribution is -2.28. The minimum Gasteiger partial charge on any atom is -0.310 e. The summed E-state index contributed by atoms with van der Waals surface area (Å²) in [5.74, 6) is 0. The highest BCUT2D eigenvalue weighted by Gasteiger charge is 2.46. The summed E-state index contributed by atoms with van der Waals surface area (Å²) in [5, 5.41) is 5.19. The lowest BCUT2D eigenvalue weighted by Gasteiger charge is -2.34. The largest absolute Gasteiger partial charge is 0.310 e. The van der Waals surface area contributed by atoms with Crippen LogP contribution in [-0.4, -0.2) is 0 Å². The molecule has 0 atom stereocenters. The Morgan fingerprint density at radius 3 is 1.71 bits per heavy atom. The summed E-state index contributed by atoms with van der Waals surface area (Å²) in [6.45, 7) is 0. The molecule has 0 N–H and O–H groups in total. The molecule has 2 heterocycles. The number of nitrogens with zero attached hydrogens (tertiary/aromatic N) is 1. The Labute approximate surface area is 310 Å². The Bertz CT molecular complexity index is 2930. The SMILES string of the molecule is c1ccc(C2(c3ccccc3)c3ccccc3-c3cc(N(c4ccc5sc6ccccc6c5c4)c4cccc5sc6ccccc6c45)ccc32)cc1. The number of fused-ring (bicyclic) bond motifs is 9. The highest BCUT2D eigenvalue weighted by molar-refractivity contribution is 7.26. The number of benzene rings is 8. The minimum atomic E-state index is -0.435. The maximum Gasteiger partial charge on any atom is 0.0713 e. The fourth-order valence-electron chi connectivity index (χ4n) is 8.80. The number of anilines is 3. The van der Waals surface area contributed by atoms with Crippen LogP contribution < -0.4 is 4.90 Å². The molecule has 8 aromatic carbocycles. The quantitative estimate of drug-likeness (QED) is 0.173. The van der Waals surface area contributed by atoms with E-state index >= 15 is 0 Å². The van der Waals surface area contributed by atoms with Crippen molar-refractivity contribution in [2.75, 3.05) is 4.90 Å². The summed E-state index contributed by atoms with van der Waals surface area (Å²) in [6.07, 6.45) is 0. The van der Waals surface area contributed by atoms with E-state index < -0.39 is 5.41 Å². The van der Waals surface area contributed by atoms with Crippen LogP contribution in [0.5, 0.6) is 0 Å². The fourth-order valence-corrected chi connectivity index (χ4v) is 11.0. The van der Waals surface area contributed by atoms with Crippen molar-refractivity contribution < 1.29 is 0 Å². The summed E-state index contributed by atoms with van der Waals surface area (Å²) in [7, 11) is 0. The van der Waals surface area contributed by atoms with E-state index in [9.17, 15) is 0 Å². The molecule has 244 valence electrons. The van der Waals surface area contributed by atoms with Gasteiger partial charge in [-0.15, -0.1) is 22.7 Å². The van der Waals surface area contributed by atoms with Crippen molar-refractivity contribution in [2.24, 2.45) is 0 Å². The molecule has 0 aliphatic heterocycles. The van der Waals surface area contributed by atoms with Crippen LogP contribution in [0.4, 0.5) is 17.1 Å². The molecule has 0 amide bonds. The Hall–Kier alpha value is -6.00. The van der Waals surface area contributed by atoms with Crippen LogP contribution in [0, 0.1) is 0 Å². The average molecular weight is 698 g/mol. The Morgan fingerprint density at radius 1 is 0.365 bits per heavy atom. The van der Waals surface area contributed by atoms with E-state index in [1.54, 1.807) is 0 Å². The zero-order valence-electron chi connectivity index (χ0n) is 28.2. The fraction of sp³-hybridized carbons (Fsp3) is 0.0204. The molecule has 11 rings (SSSR count). The second-order valence-electron chi connectivity index (χ2n) is 13.6. The first-order valence-electron chi connectivity index (χ1n) is 17.8. The van der Waals surface area contributed by atoms with Gasteiger partial charge >= 0.3 is 0 Å². The first-order valence-corrected chi connectivity index (χ1v) is 19.4. The third-order valence-electron chi connectivity index (χ3n) is 10.9. The first-order chi connectivity index (χ1) is 25.8. The molecular weight excluding hydrogens is 667 g/mol. The van der Waals surface area contributed by atoms with Gasteiger partial charge in [0.15, 0.2) is 0 Å². The predicted molar refractivity (Wildman–Crippen MR) is 224 cm³/mol. The molecular formula is C49H31NS2. The maximum atomic E-state index is 2.50. The van der Waals surface area contributed by atoms with Gasteiger partial charge in [-0.1, -0.05) is 133 Å². The van der Waals surface area contributed by atoms with Gasteiger partial charge in [0.05, 0.1) is 11.1 Å². The van der Waals surface area contributed by atoms with Gasteiger partial charge in [-0.05, 0) is 88.0 Å². The average Bonchev–Trinajstić information content (AvgIpc) is 3.87. The molecule has 0 fully saturated rings. The number of hydrogen-bond donors (Lipinski definition) is 0. The van der Waals surface area contributed by atoms with Gasteiger partial charge in [0.25, 0.3) is 0 Å². The van der Waals surface area contributed by atoms with E-state index in [1.807, 2.05) is 22.7 Å². The van der Waals surface area contributed by atoms with E-state index in [2.05, 4.69) is 193 Å². The Balaban J connectivity index is 1.21. The van der Waals surface area contributed by atoms with Crippen molar-refractivity contribution in [2.45, 2.75) is 5.41 Å². The zero-order chi connectivity index (χ0) is 34.2. The van der Waals surface area contributed by atoms with Crippen molar-refractivity contribution in [1.29, 1.82) is 0 Å². The van der Waals surface area contributed by atoms with Gasteiger partial charge in [0, 0.05) is 51.7 Å². The highest BCUT2D eigenvalue weighted by atomic mass is 32.1. The van der Waals surface area contributed by atoms with Crippen LogP contribution >= 0.6 is 22.7 Å². The van der Waals surface area contributed by atoms with Gasteiger partial charge in [-0.3, -0.25) is 0 Å². The molecule has 0 bridgehead atoms. The number of thiophene rings is 2. The third kappa shape index (κ3) is 4.21. The standard InChI is InChI=1S/C49H31NS2/c1-3-14-32(15-4-1)49(33-16-5-2-6-17-33)41-21-10-7-18-36(41)39-30-34(26-28-42(39)49)50(35-27-29-46-40(31-35)37-19-8-11-23-44(37)51-46)43-22-13-25-47-48(43)38-20-9-12-24-45(38)52-47/h1-31H. The molecule has 52 heavy (non-hydrogen) atoms. The van der Waals surface area contributed by atoms with Crippen LogP contribution in [0.15, 0.2) is 188 Å².